The monoisotopic (exact) mass is 835 g/mol. The Balaban J connectivity index is 4.45. The molecular formula is C54H90O6. The average molecular weight is 835 g/mol. The molecule has 0 amide bonds. The van der Waals surface area contributed by atoms with E-state index in [4.69, 9.17) is 14.2 Å². The van der Waals surface area contributed by atoms with Gasteiger partial charge in [-0.05, 0) is 83.5 Å². The van der Waals surface area contributed by atoms with Crippen molar-refractivity contribution in [3.8, 4) is 0 Å². The lowest BCUT2D eigenvalue weighted by Crippen LogP contribution is -2.30. The first-order valence-corrected chi connectivity index (χ1v) is 24.7. The third kappa shape index (κ3) is 45.7. The van der Waals surface area contributed by atoms with Crippen molar-refractivity contribution in [2.24, 2.45) is 0 Å². The second-order valence-electron chi connectivity index (χ2n) is 16.1. The van der Waals surface area contributed by atoms with E-state index < -0.39 is 6.10 Å². The van der Waals surface area contributed by atoms with Gasteiger partial charge in [-0.15, -0.1) is 0 Å². The van der Waals surface area contributed by atoms with Crippen LogP contribution in [0.15, 0.2) is 85.1 Å². The summed E-state index contributed by atoms with van der Waals surface area (Å²) in [6, 6.07) is 0. The van der Waals surface area contributed by atoms with E-state index in [1.165, 1.54) is 89.9 Å². The van der Waals surface area contributed by atoms with Crippen molar-refractivity contribution in [3.63, 3.8) is 0 Å². The number of carbonyl (C=O) groups excluding carboxylic acids is 3. The lowest BCUT2D eigenvalue weighted by atomic mass is 10.1. The number of ether oxygens (including phenoxy) is 3. The van der Waals surface area contributed by atoms with E-state index in [1.54, 1.807) is 0 Å². The SMILES string of the molecule is CC\C=C/C=C\C=C/C=C\C=C/CCCCCC(=O)OC(COC(=O)CCCCCC/C=C\CCCC)COC(=O)CCCCCCCCC/C=C\CCCCCCCC. The van der Waals surface area contributed by atoms with E-state index >= 15 is 0 Å². The third-order valence-electron chi connectivity index (χ3n) is 10.2. The minimum absolute atomic E-state index is 0.100. The van der Waals surface area contributed by atoms with E-state index in [0.717, 1.165) is 83.5 Å². The number of rotatable bonds is 43. The molecule has 0 aliphatic carbocycles. The van der Waals surface area contributed by atoms with E-state index in [2.05, 4.69) is 57.2 Å². The minimum Gasteiger partial charge on any atom is -0.462 e. The van der Waals surface area contributed by atoms with Crippen molar-refractivity contribution >= 4 is 17.9 Å². The molecule has 0 aliphatic heterocycles. The van der Waals surface area contributed by atoms with Crippen LogP contribution in [0.5, 0.6) is 0 Å². The molecule has 342 valence electrons. The number of carbonyl (C=O) groups is 3. The zero-order valence-electron chi connectivity index (χ0n) is 38.9. The molecule has 6 heteroatoms. The quantitative estimate of drug-likeness (QED) is 0.0200. The van der Waals surface area contributed by atoms with Gasteiger partial charge in [0.25, 0.3) is 0 Å². The van der Waals surface area contributed by atoms with E-state index in [1.807, 2.05) is 48.6 Å². The van der Waals surface area contributed by atoms with Gasteiger partial charge >= 0.3 is 17.9 Å². The highest BCUT2D eigenvalue weighted by molar-refractivity contribution is 5.71. The Labute approximate surface area is 369 Å². The maximum atomic E-state index is 12.7. The molecule has 0 aromatic carbocycles. The molecule has 0 saturated carbocycles. The molecule has 0 N–H and O–H groups in total. The lowest BCUT2D eigenvalue weighted by Gasteiger charge is -2.18. The first-order chi connectivity index (χ1) is 29.5. The Morgan fingerprint density at radius 1 is 0.350 bits per heavy atom. The van der Waals surface area contributed by atoms with Gasteiger partial charge in [-0.3, -0.25) is 14.4 Å². The molecule has 1 atom stereocenters. The maximum Gasteiger partial charge on any atom is 0.306 e. The van der Waals surface area contributed by atoms with E-state index in [9.17, 15) is 14.4 Å². The van der Waals surface area contributed by atoms with Crippen LogP contribution >= 0.6 is 0 Å². The molecule has 0 bridgehead atoms. The molecule has 0 aliphatic rings. The molecule has 60 heavy (non-hydrogen) atoms. The van der Waals surface area contributed by atoms with Crippen molar-refractivity contribution in [1.29, 1.82) is 0 Å². The number of esters is 3. The maximum absolute atomic E-state index is 12.7. The summed E-state index contributed by atoms with van der Waals surface area (Å²) >= 11 is 0. The van der Waals surface area contributed by atoms with Crippen LogP contribution in [-0.2, 0) is 28.6 Å². The van der Waals surface area contributed by atoms with Gasteiger partial charge in [-0.1, -0.05) is 202 Å². The van der Waals surface area contributed by atoms with E-state index in [0.29, 0.717) is 19.3 Å². The van der Waals surface area contributed by atoms with Crippen molar-refractivity contribution in [2.45, 2.75) is 226 Å². The standard InChI is InChI=1S/C54H90O6/c1-4-7-10-13-16-19-22-24-26-27-29-30-32-35-38-41-44-47-53(56)59-50-51(49-58-52(55)46-43-40-37-34-21-18-15-12-9-6-3)60-54(57)48-45-42-39-36-33-31-28-25-23-20-17-14-11-8-5-2/h8,11,14-15,17-18,20,23-26,28,31,33,51H,4-7,9-10,12-13,16,19,21-22,27,29-30,32,34-50H2,1-3H3/b11-8-,17-14-,18-15-,23-20-,26-24-,28-25-,33-31-. The Kier molecular flexibility index (Phi) is 45.5. The Morgan fingerprint density at radius 2 is 0.683 bits per heavy atom. The fraction of sp³-hybridized carbons (Fsp3) is 0.685. The fourth-order valence-corrected chi connectivity index (χ4v) is 6.50. The van der Waals surface area contributed by atoms with Gasteiger partial charge in [0, 0.05) is 19.3 Å². The van der Waals surface area contributed by atoms with Gasteiger partial charge in [-0.25, -0.2) is 0 Å². The first-order valence-electron chi connectivity index (χ1n) is 24.7. The Hall–Kier alpha value is -3.41. The van der Waals surface area contributed by atoms with Crippen LogP contribution in [0.3, 0.4) is 0 Å². The summed E-state index contributed by atoms with van der Waals surface area (Å²) in [7, 11) is 0. The van der Waals surface area contributed by atoms with Crippen molar-refractivity contribution in [1.82, 2.24) is 0 Å². The number of hydrogen-bond donors (Lipinski definition) is 0. The largest absolute Gasteiger partial charge is 0.462 e. The smallest absolute Gasteiger partial charge is 0.306 e. The summed E-state index contributed by atoms with van der Waals surface area (Å²) in [4.78, 5) is 37.8. The normalized spacial score (nSPS) is 12.8. The summed E-state index contributed by atoms with van der Waals surface area (Å²) in [5.74, 6) is -0.965. The molecular weight excluding hydrogens is 745 g/mol. The summed E-state index contributed by atoms with van der Waals surface area (Å²) in [6.45, 7) is 6.38. The van der Waals surface area contributed by atoms with E-state index in [-0.39, 0.29) is 37.5 Å². The van der Waals surface area contributed by atoms with Crippen LogP contribution in [-0.4, -0.2) is 37.2 Å². The molecule has 0 saturated heterocycles. The van der Waals surface area contributed by atoms with Gasteiger partial charge in [0.05, 0.1) is 0 Å². The third-order valence-corrected chi connectivity index (χ3v) is 10.2. The van der Waals surface area contributed by atoms with Gasteiger partial charge in [0.1, 0.15) is 13.2 Å². The van der Waals surface area contributed by atoms with Crippen LogP contribution in [0.1, 0.15) is 220 Å². The lowest BCUT2D eigenvalue weighted by molar-refractivity contribution is -0.167. The molecule has 0 spiro atoms. The van der Waals surface area contributed by atoms with Crippen LogP contribution < -0.4 is 0 Å². The molecule has 0 aromatic heterocycles. The second-order valence-corrected chi connectivity index (χ2v) is 16.1. The zero-order valence-corrected chi connectivity index (χ0v) is 38.9. The molecule has 1 unspecified atom stereocenters. The predicted molar refractivity (Wildman–Crippen MR) is 256 cm³/mol. The summed E-state index contributed by atoms with van der Waals surface area (Å²) in [6.07, 6.45) is 61.4. The molecule has 0 heterocycles. The van der Waals surface area contributed by atoms with Gasteiger partial charge in [0.2, 0.25) is 0 Å². The van der Waals surface area contributed by atoms with Gasteiger partial charge in [0.15, 0.2) is 6.10 Å². The summed E-state index contributed by atoms with van der Waals surface area (Å²) < 4.78 is 16.7. The zero-order chi connectivity index (χ0) is 43.7. The highest BCUT2D eigenvalue weighted by Crippen LogP contribution is 2.13. The molecule has 0 aromatic rings. The van der Waals surface area contributed by atoms with Gasteiger partial charge < -0.3 is 14.2 Å². The Morgan fingerprint density at radius 3 is 1.13 bits per heavy atom. The van der Waals surface area contributed by atoms with Gasteiger partial charge in [-0.2, -0.15) is 0 Å². The first kappa shape index (κ1) is 56.6. The fourth-order valence-electron chi connectivity index (χ4n) is 6.50. The van der Waals surface area contributed by atoms with Crippen LogP contribution in [0.2, 0.25) is 0 Å². The van der Waals surface area contributed by atoms with Crippen molar-refractivity contribution < 1.29 is 28.6 Å². The van der Waals surface area contributed by atoms with Crippen molar-refractivity contribution in [3.05, 3.63) is 85.1 Å². The predicted octanol–water partition coefficient (Wildman–Crippen LogP) is 16.0. The topological polar surface area (TPSA) is 78.9 Å². The summed E-state index contributed by atoms with van der Waals surface area (Å²) in [5, 5.41) is 0. The van der Waals surface area contributed by atoms with Crippen LogP contribution in [0.4, 0.5) is 0 Å². The number of hydrogen-bond acceptors (Lipinski definition) is 6. The molecule has 6 nitrogen and oxygen atoms in total. The minimum atomic E-state index is -0.803. The highest BCUT2D eigenvalue weighted by atomic mass is 16.6. The van der Waals surface area contributed by atoms with Crippen LogP contribution in [0.25, 0.3) is 0 Å². The molecule has 0 radical (unpaired) electrons. The van der Waals surface area contributed by atoms with Crippen molar-refractivity contribution in [2.75, 3.05) is 13.2 Å². The number of allylic oxidation sites excluding steroid dienone is 14. The highest BCUT2D eigenvalue weighted by Gasteiger charge is 2.19. The average Bonchev–Trinajstić information content (AvgIpc) is 3.24. The molecule has 0 rings (SSSR count). The second kappa shape index (κ2) is 48.3. The van der Waals surface area contributed by atoms with Crippen LogP contribution in [0, 0.1) is 0 Å². The number of unbranched alkanes of at least 4 members (excludes halogenated alkanes) is 22. The Bertz CT molecular complexity index is 1190. The molecule has 0 fully saturated rings. The summed E-state index contributed by atoms with van der Waals surface area (Å²) in [5.41, 5.74) is 0.